The van der Waals surface area contributed by atoms with E-state index in [1.165, 1.54) is 0 Å². The van der Waals surface area contributed by atoms with Gasteiger partial charge >= 0.3 is 18.9 Å². The Bertz CT molecular complexity index is 777. The number of aliphatic imine (C=N–C) groups is 2. The van der Waals surface area contributed by atoms with Crippen molar-refractivity contribution in [1.29, 1.82) is 0 Å². The molecule has 2 rings (SSSR count). The molecule has 0 radical (unpaired) electrons. The van der Waals surface area contributed by atoms with Crippen molar-refractivity contribution in [2.24, 2.45) is 9.98 Å². The number of amidine groups is 2. The molecule has 2 aromatic rings. The van der Waals surface area contributed by atoms with Crippen molar-refractivity contribution >= 4 is 20.1 Å². The van der Waals surface area contributed by atoms with E-state index < -0.39 is 8.40 Å². The van der Waals surface area contributed by atoms with E-state index in [9.17, 15) is 0 Å². The largest absolute Gasteiger partial charge is 1.00 e. The van der Waals surface area contributed by atoms with Crippen LogP contribution in [0.4, 0.5) is 0 Å². The number of hydrogen-bond donors (Lipinski definition) is 1. The fourth-order valence-electron chi connectivity index (χ4n) is 2.74. The van der Waals surface area contributed by atoms with Crippen LogP contribution >= 0.6 is 0 Å². The molecule has 0 aliphatic rings. The Labute approximate surface area is 196 Å². The minimum absolute atomic E-state index is 0. The first-order valence-corrected chi connectivity index (χ1v) is 13.1. The molecular weight excluding hydrogens is 379 g/mol. The third kappa shape index (κ3) is 9.34. The van der Waals surface area contributed by atoms with Gasteiger partial charge in [0.2, 0.25) is 0 Å². The standard InChI is InChI=1S/C24H35N4Si.Li/c1-23(2,3)25-21(19-15-11-9-12-16-19)27-29(7,8)28-22(26-24(4,5)6)20-17-13-10-14-18-20;/h9-18H,1-8H3,(H-,25,26,27,28);/q-1;+1. The van der Waals surface area contributed by atoms with Gasteiger partial charge in [0, 0.05) is 5.56 Å². The summed E-state index contributed by atoms with van der Waals surface area (Å²) in [4.78, 5) is 18.7. The minimum Gasteiger partial charge on any atom is -0.460 e. The smallest absolute Gasteiger partial charge is 0.460 e. The van der Waals surface area contributed by atoms with Crippen LogP contribution < -0.4 is 23.8 Å². The summed E-state index contributed by atoms with van der Waals surface area (Å²) in [6, 6.07) is 20.5. The van der Waals surface area contributed by atoms with Crippen molar-refractivity contribution in [3.8, 4) is 0 Å². The second-order valence-electron chi connectivity index (χ2n) is 9.77. The summed E-state index contributed by atoms with van der Waals surface area (Å²) in [5.74, 6) is 1.69. The van der Waals surface area contributed by atoms with Gasteiger partial charge in [-0.05, 0) is 31.9 Å². The Morgan fingerprint density at radius 2 is 1.17 bits per heavy atom. The molecule has 1 N–H and O–H groups in total. The van der Waals surface area contributed by atoms with Crippen LogP contribution in [0.2, 0.25) is 13.1 Å². The summed E-state index contributed by atoms with van der Waals surface area (Å²) in [5, 5.41) is 0. The summed E-state index contributed by atoms with van der Waals surface area (Å²) in [7, 11) is -2.28. The predicted molar refractivity (Wildman–Crippen MR) is 129 cm³/mol. The van der Waals surface area contributed by atoms with E-state index in [0.717, 1.165) is 22.8 Å². The van der Waals surface area contributed by atoms with Crippen LogP contribution in [-0.2, 0) is 0 Å². The van der Waals surface area contributed by atoms with Gasteiger partial charge < -0.3 is 15.0 Å². The van der Waals surface area contributed by atoms with Crippen LogP contribution in [0.3, 0.4) is 0 Å². The van der Waals surface area contributed by atoms with Crippen LogP contribution in [0.1, 0.15) is 52.7 Å². The molecule has 0 spiro atoms. The van der Waals surface area contributed by atoms with Crippen LogP contribution in [-0.4, -0.2) is 31.1 Å². The average molecular weight is 415 g/mol. The van der Waals surface area contributed by atoms with Gasteiger partial charge in [-0.1, -0.05) is 100 Å². The monoisotopic (exact) mass is 414 g/mol. The van der Waals surface area contributed by atoms with E-state index in [4.69, 9.17) is 15.0 Å². The third-order valence-corrected chi connectivity index (χ3v) is 5.40. The molecule has 4 nitrogen and oxygen atoms in total. The van der Waals surface area contributed by atoms with Gasteiger partial charge in [0.15, 0.2) is 8.40 Å². The molecule has 0 aliphatic carbocycles. The summed E-state index contributed by atoms with van der Waals surface area (Å²) in [5.41, 5.74) is 1.72. The quantitative estimate of drug-likeness (QED) is 0.466. The molecule has 0 heterocycles. The van der Waals surface area contributed by atoms with Crippen LogP contribution in [0.15, 0.2) is 70.6 Å². The average Bonchev–Trinajstić information content (AvgIpc) is 2.59. The number of nitrogens with zero attached hydrogens (tertiary/aromatic N) is 3. The zero-order valence-corrected chi connectivity index (χ0v) is 21.1. The predicted octanol–water partition coefficient (Wildman–Crippen LogP) is 3.15. The van der Waals surface area contributed by atoms with Crippen LogP contribution in [0.25, 0.3) is 4.98 Å². The topological polar surface area (TPSA) is 50.9 Å². The summed E-state index contributed by atoms with van der Waals surface area (Å²) in [6.45, 7) is 17.0. The van der Waals surface area contributed by atoms with Crippen LogP contribution in [0, 0.1) is 0 Å². The normalized spacial score (nSPS) is 13.5. The second kappa shape index (κ2) is 10.5. The van der Waals surface area contributed by atoms with E-state index in [2.05, 4.69) is 83.9 Å². The van der Waals surface area contributed by atoms with Gasteiger partial charge in [0.1, 0.15) is 5.84 Å². The van der Waals surface area contributed by atoms with E-state index in [0.29, 0.717) is 0 Å². The molecule has 0 unspecified atom stereocenters. The zero-order valence-electron chi connectivity index (χ0n) is 20.1. The molecule has 2 aromatic carbocycles. The SMILES string of the molecule is CC(C)(C)N=C([N-][Si](C)(C)NC(=NC(C)(C)C)c1ccccc1)c1ccccc1.[Li+]. The molecule has 156 valence electrons. The third-order valence-electron chi connectivity index (χ3n) is 3.78. The van der Waals surface area contributed by atoms with Crippen molar-refractivity contribution in [1.82, 2.24) is 4.98 Å². The first-order valence-electron chi connectivity index (χ1n) is 10.2. The molecule has 0 fully saturated rings. The molecule has 6 heteroatoms. The Hall–Kier alpha value is -1.81. The summed E-state index contributed by atoms with van der Waals surface area (Å²) >= 11 is 0. The maximum absolute atomic E-state index is 5.16. The molecule has 0 atom stereocenters. The van der Waals surface area contributed by atoms with E-state index in [1.54, 1.807) is 0 Å². The van der Waals surface area contributed by atoms with Gasteiger partial charge in [-0.25, -0.2) is 0 Å². The van der Waals surface area contributed by atoms with Crippen molar-refractivity contribution < 1.29 is 18.9 Å². The molecule has 0 aliphatic heterocycles. The molecular formula is C24H35LiN4Si. The molecule has 0 saturated heterocycles. The number of rotatable bonds is 4. The first-order chi connectivity index (χ1) is 13.3. The molecule has 0 saturated carbocycles. The number of nitrogens with one attached hydrogen (secondary N) is 1. The van der Waals surface area contributed by atoms with Crippen molar-refractivity contribution in [3.63, 3.8) is 0 Å². The van der Waals surface area contributed by atoms with E-state index in [-0.39, 0.29) is 29.9 Å². The Morgan fingerprint density at radius 1 is 0.733 bits per heavy atom. The second-order valence-corrected chi connectivity index (χ2v) is 13.4. The Kier molecular flexibility index (Phi) is 9.16. The maximum atomic E-state index is 5.16. The molecule has 0 bridgehead atoms. The first kappa shape index (κ1) is 26.2. The maximum Gasteiger partial charge on any atom is 1.00 e. The van der Waals surface area contributed by atoms with Gasteiger partial charge in [0.05, 0.1) is 5.54 Å². The molecule has 30 heavy (non-hydrogen) atoms. The van der Waals surface area contributed by atoms with Gasteiger partial charge in [0.25, 0.3) is 0 Å². The number of hydrogen-bond acceptors (Lipinski definition) is 2. The van der Waals surface area contributed by atoms with Crippen molar-refractivity contribution in [2.45, 2.75) is 65.7 Å². The summed E-state index contributed by atoms with van der Waals surface area (Å²) in [6.07, 6.45) is 0. The Morgan fingerprint density at radius 3 is 1.60 bits per heavy atom. The van der Waals surface area contributed by atoms with Crippen molar-refractivity contribution in [3.05, 3.63) is 76.8 Å². The van der Waals surface area contributed by atoms with Crippen molar-refractivity contribution in [2.75, 3.05) is 0 Å². The minimum atomic E-state index is -2.28. The molecule has 0 amide bonds. The van der Waals surface area contributed by atoms with E-state index >= 15 is 0 Å². The fourth-order valence-corrected chi connectivity index (χ4v) is 4.28. The van der Waals surface area contributed by atoms with Crippen LogP contribution in [0.5, 0.6) is 0 Å². The Balaban J connectivity index is 0.00000450. The van der Waals surface area contributed by atoms with Gasteiger partial charge in [-0.2, -0.15) is 0 Å². The zero-order chi connectivity index (χ0) is 21.7. The van der Waals surface area contributed by atoms with E-state index in [1.807, 2.05) is 36.4 Å². The van der Waals surface area contributed by atoms with Gasteiger partial charge in [-0.15, -0.1) is 0 Å². The number of benzene rings is 2. The fraction of sp³-hybridized carbons (Fsp3) is 0.417. The molecule has 0 aromatic heterocycles. The van der Waals surface area contributed by atoms with Gasteiger partial charge in [-0.3, -0.25) is 4.99 Å². The summed E-state index contributed by atoms with van der Waals surface area (Å²) < 4.78 is 0.